The number of thiazole rings is 1. The monoisotopic (exact) mass is 407 g/mol. The van der Waals surface area contributed by atoms with Crippen LogP contribution in [0, 0.1) is 12.8 Å². The van der Waals surface area contributed by atoms with Crippen molar-refractivity contribution >= 4 is 28.9 Å². The molecule has 0 unspecified atom stereocenters. The molecule has 4 rings (SSSR count). The number of pyridine rings is 2. The molecule has 0 bridgehead atoms. The van der Waals surface area contributed by atoms with Crippen LogP contribution >= 0.6 is 11.3 Å². The smallest absolute Gasteiger partial charge is 0.222 e. The van der Waals surface area contributed by atoms with E-state index in [1.165, 1.54) is 0 Å². The van der Waals surface area contributed by atoms with Crippen molar-refractivity contribution < 1.29 is 4.79 Å². The first kappa shape index (κ1) is 19.5. The number of rotatable bonds is 5. The Hall–Kier alpha value is -2.80. The molecule has 1 aliphatic rings. The molecule has 0 atom stereocenters. The van der Waals surface area contributed by atoms with Crippen molar-refractivity contribution in [3.63, 3.8) is 0 Å². The summed E-state index contributed by atoms with van der Waals surface area (Å²) < 4.78 is 0. The van der Waals surface area contributed by atoms with E-state index in [0.717, 1.165) is 58.5 Å². The number of nitrogens with zero attached hydrogens (tertiary/aromatic N) is 3. The highest BCUT2D eigenvalue weighted by Gasteiger charge is 2.28. The molecule has 1 saturated carbocycles. The van der Waals surface area contributed by atoms with Gasteiger partial charge >= 0.3 is 0 Å². The molecule has 150 valence electrons. The molecule has 3 aromatic heterocycles. The zero-order chi connectivity index (χ0) is 20.2. The summed E-state index contributed by atoms with van der Waals surface area (Å²) in [6.07, 6.45) is 7.59. The summed E-state index contributed by atoms with van der Waals surface area (Å²) in [7, 11) is 1.71. The minimum Gasteiger partial charge on any atom is -0.359 e. The molecule has 0 spiro atoms. The molecule has 0 aliphatic heterocycles. The second-order valence-corrected chi connectivity index (χ2v) is 8.54. The van der Waals surface area contributed by atoms with Gasteiger partial charge in [-0.2, -0.15) is 0 Å². The fourth-order valence-corrected chi connectivity index (χ4v) is 4.84. The molecule has 2 N–H and O–H groups in total. The van der Waals surface area contributed by atoms with Gasteiger partial charge in [0, 0.05) is 31.3 Å². The fourth-order valence-electron chi connectivity index (χ4n) is 3.78. The van der Waals surface area contributed by atoms with Crippen LogP contribution < -0.4 is 10.6 Å². The first-order valence-electron chi connectivity index (χ1n) is 9.97. The quantitative estimate of drug-likeness (QED) is 0.642. The minimum atomic E-state index is 0.148. The number of hydrogen-bond acceptors (Lipinski definition) is 6. The number of aryl methyl sites for hydroxylation is 1. The summed E-state index contributed by atoms with van der Waals surface area (Å²) in [5, 5.41) is 7.19. The molecule has 3 heterocycles. The number of hydrogen-bond donors (Lipinski definition) is 2. The second kappa shape index (κ2) is 8.69. The van der Waals surface area contributed by atoms with Gasteiger partial charge in [-0.1, -0.05) is 6.07 Å². The lowest BCUT2D eigenvalue weighted by atomic mass is 9.82. The summed E-state index contributed by atoms with van der Waals surface area (Å²) in [6.45, 7) is 2.04. The highest BCUT2D eigenvalue weighted by Crippen LogP contribution is 2.39. The van der Waals surface area contributed by atoms with Gasteiger partial charge in [0.25, 0.3) is 0 Å². The Balaban J connectivity index is 1.45. The Kier molecular flexibility index (Phi) is 5.85. The Morgan fingerprint density at radius 3 is 2.69 bits per heavy atom. The van der Waals surface area contributed by atoms with Crippen molar-refractivity contribution in [1.82, 2.24) is 20.3 Å². The van der Waals surface area contributed by atoms with Gasteiger partial charge < -0.3 is 10.6 Å². The SMILES string of the molecule is CNC(=O)C1CCC(c2ncc(-c3cccc(Nc4cc(C)ccn4)n3)s2)CC1. The van der Waals surface area contributed by atoms with Crippen molar-refractivity contribution in [3.8, 4) is 10.6 Å². The highest BCUT2D eigenvalue weighted by molar-refractivity contribution is 7.15. The Morgan fingerprint density at radius 1 is 1.10 bits per heavy atom. The lowest BCUT2D eigenvalue weighted by molar-refractivity contribution is -0.125. The number of nitrogens with one attached hydrogen (secondary N) is 2. The van der Waals surface area contributed by atoms with Gasteiger partial charge in [-0.05, 0) is 62.4 Å². The van der Waals surface area contributed by atoms with E-state index in [9.17, 15) is 4.79 Å². The van der Waals surface area contributed by atoms with Crippen LogP contribution in [0.15, 0.2) is 42.7 Å². The van der Waals surface area contributed by atoms with Gasteiger partial charge in [0.2, 0.25) is 5.91 Å². The highest BCUT2D eigenvalue weighted by atomic mass is 32.1. The number of amides is 1. The summed E-state index contributed by atoms with van der Waals surface area (Å²) in [5.41, 5.74) is 2.06. The van der Waals surface area contributed by atoms with Crippen molar-refractivity contribution in [2.24, 2.45) is 5.92 Å². The third kappa shape index (κ3) is 4.62. The second-order valence-electron chi connectivity index (χ2n) is 7.48. The van der Waals surface area contributed by atoms with Crippen LogP contribution in [0.2, 0.25) is 0 Å². The summed E-state index contributed by atoms with van der Waals surface area (Å²) in [4.78, 5) is 26.7. The van der Waals surface area contributed by atoms with E-state index < -0.39 is 0 Å². The van der Waals surface area contributed by atoms with Crippen LogP contribution in [0.1, 0.15) is 42.2 Å². The first-order valence-corrected chi connectivity index (χ1v) is 10.8. The van der Waals surface area contributed by atoms with E-state index in [1.54, 1.807) is 24.6 Å². The Labute approximate surface area is 174 Å². The molecule has 3 aromatic rings. The summed E-state index contributed by atoms with van der Waals surface area (Å²) >= 11 is 1.71. The molecule has 0 saturated heterocycles. The molecule has 7 heteroatoms. The maximum Gasteiger partial charge on any atom is 0.222 e. The average molecular weight is 408 g/mol. The summed E-state index contributed by atoms with van der Waals surface area (Å²) in [6, 6.07) is 9.91. The van der Waals surface area contributed by atoms with Crippen LogP contribution in [-0.4, -0.2) is 27.9 Å². The molecular weight excluding hydrogens is 382 g/mol. The van der Waals surface area contributed by atoms with E-state index >= 15 is 0 Å². The van der Waals surface area contributed by atoms with E-state index in [1.807, 2.05) is 43.5 Å². The number of aromatic nitrogens is 3. The van der Waals surface area contributed by atoms with E-state index in [4.69, 9.17) is 4.98 Å². The standard InChI is InChI=1S/C22H25N5OS/c1-14-10-11-24-20(12-14)27-19-5-3-4-17(26-19)18-13-25-22(29-18)16-8-6-15(7-9-16)21(28)23-2/h3-5,10-13,15-16H,6-9H2,1-2H3,(H,23,28)(H,24,26,27). The molecule has 0 radical (unpaired) electrons. The predicted molar refractivity (Wildman–Crippen MR) is 116 cm³/mol. The Morgan fingerprint density at radius 2 is 1.93 bits per heavy atom. The number of carbonyl (C=O) groups is 1. The van der Waals surface area contributed by atoms with Crippen molar-refractivity contribution in [2.45, 2.75) is 38.5 Å². The third-order valence-electron chi connectivity index (χ3n) is 5.39. The molecule has 1 fully saturated rings. The predicted octanol–water partition coefficient (Wildman–Crippen LogP) is 4.67. The van der Waals surface area contributed by atoms with Crippen LogP contribution in [0.4, 0.5) is 11.6 Å². The lowest BCUT2D eigenvalue weighted by Crippen LogP contribution is -2.30. The maximum atomic E-state index is 11.8. The molecule has 1 amide bonds. The van der Waals surface area contributed by atoms with Gasteiger partial charge in [-0.3, -0.25) is 4.79 Å². The van der Waals surface area contributed by atoms with Gasteiger partial charge in [0.15, 0.2) is 0 Å². The van der Waals surface area contributed by atoms with Crippen LogP contribution in [0.3, 0.4) is 0 Å². The van der Waals surface area contributed by atoms with Crippen LogP contribution in [0.25, 0.3) is 10.6 Å². The molecule has 29 heavy (non-hydrogen) atoms. The topological polar surface area (TPSA) is 79.8 Å². The zero-order valence-electron chi connectivity index (χ0n) is 16.7. The van der Waals surface area contributed by atoms with Crippen LogP contribution in [0.5, 0.6) is 0 Å². The van der Waals surface area contributed by atoms with Gasteiger partial charge in [0.1, 0.15) is 11.6 Å². The largest absolute Gasteiger partial charge is 0.359 e. The van der Waals surface area contributed by atoms with Crippen molar-refractivity contribution in [2.75, 3.05) is 12.4 Å². The average Bonchev–Trinajstić information content (AvgIpc) is 3.24. The van der Waals surface area contributed by atoms with Crippen LogP contribution in [-0.2, 0) is 4.79 Å². The lowest BCUT2D eigenvalue weighted by Gasteiger charge is -2.25. The number of carbonyl (C=O) groups excluding carboxylic acids is 1. The van der Waals surface area contributed by atoms with Crippen molar-refractivity contribution in [1.29, 1.82) is 0 Å². The number of anilines is 2. The fraction of sp³-hybridized carbons (Fsp3) is 0.364. The molecule has 6 nitrogen and oxygen atoms in total. The zero-order valence-corrected chi connectivity index (χ0v) is 17.5. The molecule has 0 aromatic carbocycles. The summed E-state index contributed by atoms with van der Waals surface area (Å²) in [5.74, 6) is 2.30. The third-order valence-corrected chi connectivity index (χ3v) is 6.57. The van der Waals surface area contributed by atoms with Gasteiger partial charge in [0.05, 0.1) is 15.6 Å². The minimum absolute atomic E-state index is 0.148. The molecule has 1 aliphatic carbocycles. The molecular formula is C22H25N5OS. The van der Waals surface area contributed by atoms with Gasteiger partial charge in [-0.15, -0.1) is 11.3 Å². The normalized spacial score (nSPS) is 19.0. The van der Waals surface area contributed by atoms with Gasteiger partial charge in [-0.25, -0.2) is 15.0 Å². The maximum absolute atomic E-state index is 11.8. The van der Waals surface area contributed by atoms with E-state index in [2.05, 4.69) is 20.6 Å². The van der Waals surface area contributed by atoms with E-state index in [-0.39, 0.29) is 11.8 Å². The van der Waals surface area contributed by atoms with E-state index in [0.29, 0.717) is 5.92 Å². The Bertz CT molecular complexity index is 994. The van der Waals surface area contributed by atoms with Crippen molar-refractivity contribution in [3.05, 3.63) is 53.3 Å². The first-order chi connectivity index (χ1) is 14.1.